The van der Waals surface area contributed by atoms with Gasteiger partial charge in [-0.25, -0.2) is 0 Å². The van der Waals surface area contributed by atoms with Crippen LogP contribution < -0.4 is 21.5 Å². The predicted octanol–water partition coefficient (Wildman–Crippen LogP) is 2.85. The molecule has 2 aliphatic rings. The molecule has 7 nitrogen and oxygen atoms in total. The number of benzene rings is 1. The van der Waals surface area contributed by atoms with E-state index in [-0.39, 0.29) is 28.9 Å². The van der Waals surface area contributed by atoms with E-state index in [0.29, 0.717) is 17.8 Å². The lowest BCUT2D eigenvalue weighted by molar-refractivity contribution is -0.118. The minimum Gasteiger partial charge on any atom is -0.497 e. The third-order valence-corrected chi connectivity index (χ3v) is 5.21. The number of nitrogens with zero attached hydrogens (tertiary/aromatic N) is 2. The van der Waals surface area contributed by atoms with Crippen LogP contribution in [0.4, 0.5) is 17.6 Å². The molecule has 0 bridgehead atoms. The van der Waals surface area contributed by atoms with E-state index in [2.05, 4.69) is 29.1 Å². The summed E-state index contributed by atoms with van der Waals surface area (Å²) in [6.45, 7) is 4.19. The number of aromatic nitrogens is 2. The molecule has 4 rings (SSSR count). The Morgan fingerprint density at radius 3 is 2.52 bits per heavy atom. The second kappa shape index (κ2) is 5.97. The van der Waals surface area contributed by atoms with Gasteiger partial charge in [0.25, 0.3) is 0 Å². The standard InChI is InChI=1S/C20H23N5O2/c1-20(2)8-12-15(13(26)9-20)14(10-4-6-11(27-3)7-5-10)16-17(21)24-19(22)25-18(16)23-12/h4-7,14H,8-9H2,1-3H3,(H5,21,22,23,24,25). The van der Waals surface area contributed by atoms with Gasteiger partial charge in [-0.3, -0.25) is 4.79 Å². The van der Waals surface area contributed by atoms with Gasteiger partial charge in [0.2, 0.25) is 5.95 Å². The summed E-state index contributed by atoms with van der Waals surface area (Å²) in [4.78, 5) is 21.6. The highest BCUT2D eigenvalue weighted by Crippen LogP contribution is 2.49. The van der Waals surface area contributed by atoms with E-state index in [1.165, 1.54) is 0 Å². The normalized spacial score (nSPS) is 20.6. The van der Waals surface area contributed by atoms with Crippen LogP contribution in [0.15, 0.2) is 35.5 Å². The number of nitrogens with one attached hydrogen (secondary N) is 1. The van der Waals surface area contributed by atoms with Crippen LogP contribution in [-0.2, 0) is 4.79 Å². The molecule has 0 amide bonds. The molecule has 5 N–H and O–H groups in total. The summed E-state index contributed by atoms with van der Waals surface area (Å²) in [7, 11) is 1.62. The van der Waals surface area contributed by atoms with Crippen molar-refractivity contribution < 1.29 is 9.53 Å². The molecule has 0 fully saturated rings. The maximum atomic E-state index is 13.1. The van der Waals surface area contributed by atoms with E-state index >= 15 is 0 Å². The average molecular weight is 365 g/mol. The number of anilines is 3. The van der Waals surface area contributed by atoms with Gasteiger partial charge >= 0.3 is 0 Å². The van der Waals surface area contributed by atoms with Crippen LogP contribution in [0.5, 0.6) is 5.75 Å². The van der Waals surface area contributed by atoms with Crippen LogP contribution in [-0.4, -0.2) is 22.9 Å². The molecule has 1 aromatic heterocycles. The second-order valence-electron chi connectivity index (χ2n) is 7.89. The molecule has 0 spiro atoms. The van der Waals surface area contributed by atoms with Crippen molar-refractivity contribution in [2.75, 3.05) is 23.9 Å². The highest BCUT2D eigenvalue weighted by molar-refractivity contribution is 6.02. The molecule has 2 heterocycles. The summed E-state index contributed by atoms with van der Waals surface area (Å²) in [5, 5.41) is 3.31. The van der Waals surface area contributed by atoms with Crippen LogP contribution >= 0.6 is 0 Å². The largest absolute Gasteiger partial charge is 0.497 e. The van der Waals surface area contributed by atoms with Crippen molar-refractivity contribution in [1.82, 2.24) is 9.97 Å². The molecule has 0 saturated heterocycles. The number of allylic oxidation sites excluding steroid dienone is 2. The Morgan fingerprint density at radius 2 is 1.85 bits per heavy atom. The topological polar surface area (TPSA) is 116 Å². The first kappa shape index (κ1) is 17.3. The Bertz CT molecular complexity index is 963. The summed E-state index contributed by atoms with van der Waals surface area (Å²) in [6, 6.07) is 7.66. The van der Waals surface area contributed by atoms with Crippen molar-refractivity contribution in [2.45, 2.75) is 32.6 Å². The number of hydrogen-bond donors (Lipinski definition) is 3. The highest BCUT2D eigenvalue weighted by atomic mass is 16.5. The second-order valence-corrected chi connectivity index (χ2v) is 7.89. The van der Waals surface area contributed by atoms with Crippen molar-refractivity contribution in [3.63, 3.8) is 0 Å². The molecule has 0 radical (unpaired) electrons. The molecule has 1 atom stereocenters. The lowest BCUT2D eigenvalue weighted by Gasteiger charge is -2.39. The lowest BCUT2D eigenvalue weighted by Crippen LogP contribution is -2.34. The molecule has 2 aromatic rings. The molecule has 1 aromatic carbocycles. The summed E-state index contributed by atoms with van der Waals surface area (Å²) in [5.74, 6) is 1.51. The van der Waals surface area contributed by atoms with Gasteiger partial charge in [0.05, 0.1) is 7.11 Å². The number of fused-ring (bicyclic) bond motifs is 1. The number of Topliss-reactive ketones (excluding diaryl/α,β-unsaturated/α-hetero) is 1. The van der Waals surface area contributed by atoms with Crippen molar-refractivity contribution in [2.24, 2.45) is 5.41 Å². The number of nitrogen functional groups attached to an aromatic ring is 2. The highest BCUT2D eigenvalue weighted by Gasteiger charge is 2.42. The number of methoxy groups -OCH3 is 1. The Labute approximate surface area is 157 Å². The van der Waals surface area contributed by atoms with Gasteiger partial charge in [-0.1, -0.05) is 26.0 Å². The summed E-state index contributed by atoms with van der Waals surface area (Å²) < 4.78 is 5.26. The number of rotatable bonds is 2. The van der Waals surface area contributed by atoms with E-state index in [9.17, 15) is 4.79 Å². The SMILES string of the molecule is COc1ccc(C2C3=C(CC(C)(C)CC3=O)Nc3nc(N)nc(N)c32)cc1. The van der Waals surface area contributed by atoms with Gasteiger partial charge in [0, 0.05) is 29.2 Å². The lowest BCUT2D eigenvalue weighted by atomic mass is 9.69. The quantitative estimate of drug-likeness (QED) is 0.749. The third kappa shape index (κ3) is 2.89. The van der Waals surface area contributed by atoms with Crippen molar-refractivity contribution >= 4 is 23.4 Å². The fourth-order valence-electron chi connectivity index (χ4n) is 4.08. The first-order valence-corrected chi connectivity index (χ1v) is 8.89. The van der Waals surface area contributed by atoms with Crippen LogP contribution in [0, 0.1) is 5.41 Å². The average Bonchev–Trinajstić information content (AvgIpc) is 2.58. The predicted molar refractivity (Wildman–Crippen MR) is 104 cm³/mol. The molecule has 27 heavy (non-hydrogen) atoms. The minimum absolute atomic E-state index is 0.109. The zero-order valence-electron chi connectivity index (χ0n) is 15.7. The van der Waals surface area contributed by atoms with E-state index in [0.717, 1.165) is 29.0 Å². The Hall–Kier alpha value is -3.09. The molecule has 1 unspecified atom stereocenters. The monoisotopic (exact) mass is 365 g/mol. The molecular formula is C20H23N5O2. The Morgan fingerprint density at radius 1 is 1.15 bits per heavy atom. The van der Waals surface area contributed by atoms with Gasteiger partial charge in [-0.15, -0.1) is 0 Å². The Balaban J connectivity index is 1.94. The van der Waals surface area contributed by atoms with E-state index < -0.39 is 0 Å². The Kier molecular flexibility index (Phi) is 3.83. The van der Waals surface area contributed by atoms with Gasteiger partial charge in [-0.2, -0.15) is 9.97 Å². The maximum Gasteiger partial charge on any atom is 0.223 e. The first-order valence-electron chi connectivity index (χ1n) is 8.89. The molecule has 1 aliphatic heterocycles. The molecule has 0 saturated carbocycles. The number of ketones is 1. The summed E-state index contributed by atoms with van der Waals surface area (Å²) >= 11 is 0. The molecule has 140 valence electrons. The maximum absolute atomic E-state index is 13.1. The van der Waals surface area contributed by atoms with Crippen LogP contribution in [0.1, 0.15) is 43.7 Å². The van der Waals surface area contributed by atoms with Gasteiger partial charge in [0.15, 0.2) is 5.78 Å². The van der Waals surface area contributed by atoms with Crippen LogP contribution in [0.25, 0.3) is 0 Å². The van der Waals surface area contributed by atoms with Crippen LogP contribution in [0.3, 0.4) is 0 Å². The van der Waals surface area contributed by atoms with E-state index in [1.807, 2.05) is 24.3 Å². The minimum atomic E-state index is -0.327. The van der Waals surface area contributed by atoms with Gasteiger partial charge in [0.1, 0.15) is 17.4 Å². The fourth-order valence-corrected chi connectivity index (χ4v) is 4.08. The van der Waals surface area contributed by atoms with Gasteiger partial charge < -0.3 is 21.5 Å². The van der Waals surface area contributed by atoms with E-state index in [4.69, 9.17) is 16.2 Å². The third-order valence-electron chi connectivity index (χ3n) is 5.21. The number of carbonyl (C=O) groups excluding carboxylic acids is 1. The van der Waals surface area contributed by atoms with Gasteiger partial charge in [-0.05, 0) is 29.5 Å². The molecule has 7 heteroatoms. The molecular weight excluding hydrogens is 342 g/mol. The number of carbonyl (C=O) groups is 1. The number of nitrogens with two attached hydrogens (primary N) is 2. The number of hydrogen-bond acceptors (Lipinski definition) is 7. The van der Waals surface area contributed by atoms with Crippen LogP contribution in [0.2, 0.25) is 0 Å². The first-order chi connectivity index (χ1) is 12.8. The zero-order chi connectivity index (χ0) is 19.3. The van der Waals surface area contributed by atoms with Crippen molar-refractivity contribution in [3.05, 3.63) is 46.7 Å². The summed E-state index contributed by atoms with van der Waals surface area (Å²) in [6.07, 6.45) is 1.25. The smallest absolute Gasteiger partial charge is 0.223 e. The van der Waals surface area contributed by atoms with Crippen molar-refractivity contribution in [3.8, 4) is 5.75 Å². The number of ether oxygens (including phenoxy) is 1. The summed E-state index contributed by atoms with van der Waals surface area (Å²) in [5.41, 5.74) is 15.2. The zero-order valence-corrected chi connectivity index (χ0v) is 15.7. The molecule has 1 aliphatic carbocycles. The van der Waals surface area contributed by atoms with E-state index in [1.54, 1.807) is 7.11 Å². The van der Waals surface area contributed by atoms with Crippen molar-refractivity contribution in [1.29, 1.82) is 0 Å². The fraction of sp³-hybridized carbons (Fsp3) is 0.350.